The van der Waals surface area contributed by atoms with E-state index in [9.17, 15) is 4.79 Å². The number of likely N-dealkylation sites (tertiary alicyclic amines) is 1. The number of anilines is 1. The molecule has 1 amide bonds. The van der Waals surface area contributed by atoms with E-state index in [0.29, 0.717) is 5.91 Å². The second-order valence-electron chi connectivity index (χ2n) is 7.52. The van der Waals surface area contributed by atoms with E-state index >= 15 is 0 Å². The lowest BCUT2D eigenvalue weighted by atomic mass is 10.0. The third-order valence-electron chi connectivity index (χ3n) is 5.77. The number of likely N-dealkylation sites (N-methyl/N-ethyl adjacent to an activating group) is 1. The zero-order chi connectivity index (χ0) is 17.9. The Morgan fingerprint density at radius 3 is 2.73 bits per heavy atom. The summed E-state index contributed by atoms with van der Waals surface area (Å²) in [6.07, 6.45) is 4.38. The minimum Gasteiger partial charge on any atom is -0.355 e. The lowest BCUT2D eigenvalue weighted by Gasteiger charge is -2.35. The second-order valence-corrected chi connectivity index (χ2v) is 7.52. The normalized spacial score (nSPS) is 22.4. The number of carbonyl (C=O) groups excluding carboxylic acids is 1. The van der Waals surface area contributed by atoms with Crippen molar-refractivity contribution in [2.24, 2.45) is 0 Å². The van der Waals surface area contributed by atoms with Gasteiger partial charge in [0.1, 0.15) is 5.82 Å². The largest absolute Gasteiger partial charge is 0.355 e. The first-order chi connectivity index (χ1) is 12.7. The summed E-state index contributed by atoms with van der Waals surface area (Å²) in [6.45, 7) is 4.49. The highest BCUT2D eigenvalue weighted by Gasteiger charge is 2.30. The number of benzene rings is 1. The number of hydrogen-bond donors (Lipinski definition) is 0. The lowest BCUT2D eigenvalue weighted by molar-refractivity contribution is -0.137. The molecule has 0 bridgehead atoms. The molecule has 0 N–H and O–H groups in total. The SMILES string of the molecule is CN1CCCCC1C(=O)N1CCCN(c2ccc3ccccc3n2)CC1. The van der Waals surface area contributed by atoms with Crippen LogP contribution >= 0.6 is 0 Å². The van der Waals surface area contributed by atoms with Crippen molar-refractivity contribution in [1.82, 2.24) is 14.8 Å². The minimum absolute atomic E-state index is 0.0779. The van der Waals surface area contributed by atoms with Crippen molar-refractivity contribution in [2.75, 3.05) is 44.7 Å². The van der Waals surface area contributed by atoms with Gasteiger partial charge in [0.2, 0.25) is 5.91 Å². The fourth-order valence-corrected chi connectivity index (χ4v) is 4.20. The molecule has 1 aromatic carbocycles. The first kappa shape index (κ1) is 17.3. The molecule has 5 nitrogen and oxygen atoms in total. The van der Waals surface area contributed by atoms with E-state index < -0.39 is 0 Å². The maximum Gasteiger partial charge on any atom is 0.239 e. The molecule has 2 aromatic rings. The van der Waals surface area contributed by atoms with Crippen molar-refractivity contribution in [3.8, 4) is 0 Å². The standard InChI is InChI=1S/C21H28N4O/c1-23-12-5-4-9-19(23)21(26)25-14-6-13-24(15-16-25)20-11-10-17-7-2-3-8-18(17)22-20/h2-3,7-8,10-11,19H,4-6,9,12-16H2,1H3. The van der Waals surface area contributed by atoms with Crippen molar-refractivity contribution >= 4 is 22.6 Å². The Bertz CT molecular complexity index is 777. The van der Waals surface area contributed by atoms with Crippen LogP contribution in [0.2, 0.25) is 0 Å². The van der Waals surface area contributed by atoms with Crippen molar-refractivity contribution in [2.45, 2.75) is 31.7 Å². The molecule has 1 unspecified atom stereocenters. The fraction of sp³-hybridized carbons (Fsp3) is 0.524. The monoisotopic (exact) mass is 352 g/mol. The Morgan fingerprint density at radius 1 is 0.962 bits per heavy atom. The molecule has 2 aliphatic heterocycles. The van der Waals surface area contributed by atoms with Crippen molar-refractivity contribution in [3.05, 3.63) is 36.4 Å². The number of piperidine rings is 1. The van der Waals surface area contributed by atoms with Crippen LogP contribution in [0.1, 0.15) is 25.7 Å². The Balaban J connectivity index is 1.44. The topological polar surface area (TPSA) is 39.7 Å². The number of nitrogens with zero attached hydrogens (tertiary/aromatic N) is 4. The molecule has 2 saturated heterocycles. The predicted molar refractivity (Wildman–Crippen MR) is 105 cm³/mol. The summed E-state index contributed by atoms with van der Waals surface area (Å²) in [6, 6.07) is 12.6. The molecule has 3 heterocycles. The van der Waals surface area contributed by atoms with E-state index in [1.807, 2.05) is 12.1 Å². The zero-order valence-electron chi connectivity index (χ0n) is 15.6. The maximum absolute atomic E-state index is 13.0. The molecule has 0 spiro atoms. The van der Waals surface area contributed by atoms with Crippen LogP contribution in [0.25, 0.3) is 10.9 Å². The highest BCUT2D eigenvalue weighted by Crippen LogP contribution is 2.21. The van der Waals surface area contributed by atoms with Gasteiger partial charge in [-0.05, 0) is 51.1 Å². The summed E-state index contributed by atoms with van der Waals surface area (Å²) in [5.74, 6) is 1.34. The highest BCUT2D eigenvalue weighted by molar-refractivity contribution is 5.82. The van der Waals surface area contributed by atoms with Crippen molar-refractivity contribution in [1.29, 1.82) is 0 Å². The fourth-order valence-electron chi connectivity index (χ4n) is 4.20. The second kappa shape index (κ2) is 7.62. The molecule has 1 atom stereocenters. The number of para-hydroxylation sites is 1. The summed E-state index contributed by atoms with van der Waals surface area (Å²) in [5, 5.41) is 1.17. The molecule has 26 heavy (non-hydrogen) atoms. The molecule has 0 radical (unpaired) electrons. The molecule has 138 valence electrons. The van der Waals surface area contributed by atoms with Crippen LogP contribution in [-0.4, -0.2) is 66.5 Å². The molecule has 5 heteroatoms. The lowest BCUT2D eigenvalue weighted by Crippen LogP contribution is -2.50. The molecule has 4 rings (SSSR count). The molecule has 2 fully saturated rings. The predicted octanol–water partition coefficient (Wildman–Crippen LogP) is 2.76. The molecular formula is C21H28N4O. The highest BCUT2D eigenvalue weighted by atomic mass is 16.2. The zero-order valence-corrected chi connectivity index (χ0v) is 15.6. The number of rotatable bonds is 2. The van der Waals surface area contributed by atoms with Crippen LogP contribution < -0.4 is 4.90 Å². The van der Waals surface area contributed by atoms with Gasteiger partial charge in [-0.1, -0.05) is 24.6 Å². The number of aromatic nitrogens is 1. The summed E-state index contributed by atoms with van der Waals surface area (Å²) in [7, 11) is 2.09. The van der Waals surface area contributed by atoms with Gasteiger partial charge in [-0.2, -0.15) is 0 Å². The summed E-state index contributed by atoms with van der Waals surface area (Å²) >= 11 is 0. The van der Waals surface area contributed by atoms with E-state index in [0.717, 1.165) is 56.9 Å². The van der Waals surface area contributed by atoms with Gasteiger partial charge in [-0.25, -0.2) is 4.98 Å². The van der Waals surface area contributed by atoms with E-state index in [1.165, 1.54) is 18.2 Å². The van der Waals surface area contributed by atoms with Crippen LogP contribution in [0, 0.1) is 0 Å². The van der Waals surface area contributed by atoms with Crippen molar-refractivity contribution < 1.29 is 4.79 Å². The van der Waals surface area contributed by atoms with Gasteiger partial charge in [-0.3, -0.25) is 9.69 Å². The quantitative estimate of drug-likeness (QED) is 0.833. The van der Waals surface area contributed by atoms with Crippen LogP contribution in [-0.2, 0) is 4.79 Å². The maximum atomic E-state index is 13.0. The number of hydrogen-bond acceptors (Lipinski definition) is 4. The third kappa shape index (κ3) is 3.54. The third-order valence-corrected chi connectivity index (χ3v) is 5.77. The van der Waals surface area contributed by atoms with Gasteiger partial charge in [0.15, 0.2) is 0 Å². The number of carbonyl (C=O) groups is 1. The summed E-state index contributed by atoms with van der Waals surface area (Å²) in [4.78, 5) is 24.4. The van der Waals surface area contributed by atoms with Gasteiger partial charge < -0.3 is 9.80 Å². The van der Waals surface area contributed by atoms with Crippen molar-refractivity contribution in [3.63, 3.8) is 0 Å². The smallest absolute Gasteiger partial charge is 0.239 e. The number of pyridine rings is 1. The van der Waals surface area contributed by atoms with Gasteiger partial charge in [0.05, 0.1) is 11.6 Å². The molecule has 0 saturated carbocycles. The van der Waals surface area contributed by atoms with Gasteiger partial charge in [0, 0.05) is 31.6 Å². The number of fused-ring (bicyclic) bond motifs is 1. The minimum atomic E-state index is 0.0779. The average molecular weight is 352 g/mol. The Labute approximate surface area is 155 Å². The van der Waals surface area contributed by atoms with Gasteiger partial charge in [-0.15, -0.1) is 0 Å². The van der Waals surface area contributed by atoms with E-state index in [-0.39, 0.29) is 6.04 Å². The molecule has 2 aliphatic rings. The molecular weight excluding hydrogens is 324 g/mol. The first-order valence-corrected chi connectivity index (χ1v) is 9.82. The summed E-state index contributed by atoms with van der Waals surface area (Å²) in [5.41, 5.74) is 1.03. The Morgan fingerprint density at radius 2 is 1.85 bits per heavy atom. The van der Waals surface area contributed by atoms with Crippen LogP contribution in [0.5, 0.6) is 0 Å². The molecule has 1 aromatic heterocycles. The van der Waals surface area contributed by atoms with Crippen LogP contribution in [0.3, 0.4) is 0 Å². The first-order valence-electron chi connectivity index (χ1n) is 9.82. The Kier molecular flexibility index (Phi) is 5.07. The van der Waals surface area contributed by atoms with Gasteiger partial charge in [0.25, 0.3) is 0 Å². The van der Waals surface area contributed by atoms with E-state index in [4.69, 9.17) is 4.98 Å². The van der Waals surface area contributed by atoms with Crippen LogP contribution in [0.15, 0.2) is 36.4 Å². The molecule has 0 aliphatic carbocycles. The summed E-state index contributed by atoms with van der Waals surface area (Å²) < 4.78 is 0. The van der Waals surface area contributed by atoms with E-state index in [1.54, 1.807) is 0 Å². The average Bonchev–Trinajstić information content (AvgIpc) is 2.94. The Hall–Kier alpha value is -2.14. The number of amides is 1. The van der Waals surface area contributed by atoms with Crippen LogP contribution in [0.4, 0.5) is 5.82 Å². The van der Waals surface area contributed by atoms with E-state index in [2.05, 4.69) is 46.0 Å². The van der Waals surface area contributed by atoms with Gasteiger partial charge >= 0.3 is 0 Å².